The van der Waals surface area contributed by atoms with Gasteiger partial charge in [-0.1, -0.05) is 36.9 Å². The van der Waals surface area contributed by atoms with Crippen LogP contribution in [0.1, 0.15) is 18.4 Å². The molecule has 0 radical (unpaired) electrons. The van der Waals surface area contributed by atoms with Gasteiger partial charge in [0, 0.05) is 24.9 Å². The van der Waals surface area contributed by atoms with Crippen LogP contribution in [-0.2, 0) is 14.3 Å². The van der Waals surface area contributed by atoms with E-state index in [1.54, 1.807) is 0 Å². The van der Waals surface area contributed by atoms with Gasteiger partial charge in [0.05, 0.1) is 5.57 Å². The summed E-state index contributed by atoms with van der Waals surface area (Å²) >= 11 is 0. The summed E-state index contributed by atoms with van der Waals surface area (Å²) in [5.74, 6) is -0.301. The molecule has 2 bridgehead atoms. The fourth-order valence-corrected chi connectivity index (χ4v) is 3.78. The molecule has 4 nitrogen and oxygen atoms in total. The number of likely N-dealkylation sites (N-methyl/N-ethyl adjacent to an activating group) is 1. The van der Waals surface area contributed by atoms with E-state index in [1.165, 1.54) is 0 Å². The van der Waals surface area contributed by atoms with E-state index >= 15 is 0 Å². The molecule has 3 aliphatic heterocycles. The van der Waals surface area contributed by atoms with Gasteiger partial charge in [-0.15, -0.1) is 0 Å². The number of benzene rings is 1. The van der Waals surface area contributed by atoms with Gasteiger partial charge >= 0.3 is 5.97 Å². The summed E-state index contributed by atoms with van der Waals surface area (Å²) < 4.78 is 11.3. The van der Waals surface area contributed by atoms with Crippen molar-refractivity contribution in [3.8, 4) is 0 Å². The van der Waals surface area contributed by atoms with Gasteiger partial charge in [0.1, 0.15) is 18.3 Å². The van der Waals surface area contributed by atoms with Crippen LogP contribution in [-0.4, -0.2) is 48.3 Å². The van der Waals surface area contributed by atoms with Crippen LogP contribution in [0.3, 0.4) is 0 Å². The Labute approximate surface area is 124 Å². The maximum absolute atomic E-state index is 12.3. The number of piperidine rings is 1. The van der Waals surface area contributed by atoms with Crippen molar-refractivity contribution in [2.24, 2.45) is 0 Å². The van der Waals surface area contributed by atoms with Crippen molar-refractivity contribution < 1.29 is 14.3 Å². The molecule has 3 saturated heterocycles. The maximum atomic E-state index is 12.3. The zero-order valence-electron chi connectivity index (χ0n) is 12.1. The number of rotatable bonds is 3. The van der Waals surface area contributed by atoms with Crippen LogP contribution in [0.5, 0.6) is 0 Å². The summed E-state index contributed by atoms with van der Waals surface area (Å²) in [7, 11) is 2.14. The number of nitrogens with zero attached hydrogens (tertiary/aromatic N) is 1. The van der Waals surface area contributed by atoms with Crippen molar-refractivity contribution >= 4 is 11.5 Å². The lowest BCUT2D eigenvalue weighted by atomic mass is 9.99. The molecule has 0 aliphatic carbocycles. The minimum absolute atomic E-state index is 0.0134. The van der Waals surface area contributed by atoms with Gasteiger partial charge in [-0.05, 0) is 12.6 Å². The molecule has 3 fully saturated rings. The molecule has 3 heterocycles. The van der Waals surface area contributed by atoms with Crippen LogP contribution in [0.4, 0.5) is 0 Å². The molecule has 0 spiro atoms. The first-order valence-electron chi connectivity index (χ1n) is 7.48. The molecule has 4 atom stereocenters. The van der Waals surface area contributed by atoms with E-state index in [4.69, 9.17) is 9.47 Å². The highest BCUT2D eigenvalue weighted by Crippen LogP contribution is 2.48. The van der Waals surface area contributed by atoms with Crippen LogP contribution in [0, 0.1) is 0 Å². The molecule has 0 N–H and O–H groups in total. The van der Waals surface area contributed by atoms with E-state index in [-0.39, 0.29) is 12.1 Å². The summed E-state index contributed by atoms with van der Waals surface area (Å²) in [5, 5.41) is 0. The average molecular weight is 285 g/mol. The van der Waals surface area contributed by atoms with Crippen molar-refractivity contribution in [2.75, 3.05) is 7.05 Å². The Kier molecular flexibility index (Phi) is 2.91. The Morgan fingerprint density at radius 3 is 2.48 bits per heavy atom. The second-order valence-corrected chi connectivity index (χ2v) is 6.21. The minimum Gasteiger partial charge on any atom is -0.459 e. The van der Waals surface area contributed by atoms with Crippen molar-refractivity contribution in [2.45, 2.75) is 43.2 Å². The second-order valence-electron chi connectivity index (χ2n) is 6.21. The lowest BCUT2D eigenvalue weighted by Gasteiger charge is -2.37. The number of hydrogen-bond donors (Lipinski definition) is 0. The fraction of sp³-hybridized carbons (Fsp3) is 0.471. The maximum Gasteiger partial charge on any atom is 0.338 e. The highest BCUT2D eigenvalue weighted by molar-refractivity contribution is 6.15. The van der Waals surface area contributed by atoms with Crippen LogP contribution in [0.2, 0.25) is 0 Å². The summed E-state index contributed by atoms with van der Waals surface area (Å²) in [6.45, 7) is 3.87. The Morgan fingerprint density at radius 1 is 1.24 bits per heavy atom. The summed E-state index contributed by atoms with van der Waals surface area (Å²) in [4.78, 5) is 14.6. The van der Waals surface area contributed by atoms with E-state index in [1.807, 2.05) is 30.3 Å². The third kappa shape index (κ3) is 2.10. The predicted molar refractivity (Wildman–Crippen MR) is 78.6 cm³/mol. The number of carbonyl (C=O) groups is 1. The van der Waals surface area contributed by atoms with Gasteiger partial charge in [0.15, 0.2) is 0 Å². The zero-order valence-corrected chi connectivity index (χ0v) is 12.1. The van der Waals surface area contributed by atoms with Crippen LogP contribution < -0.4 is 0 Å². The smallest absolute Gasteiger partial charge is 0.338 e. The van der Waals surface area contributed by atoms with Crippen LogP contribution in [0.25, 0.3) is 5.57 Å². The molecule has 1 aromatic rings. The minimum atomic E-state index is -0.301. The molecule has 110 valence electrons. The number of carbonyl (C=O) groups excluding carboxylic acids is 1. The molecule has 1 aromatic carbocycles. The lowest BCUT2D eigenvalue weighted by Crippen LogP contribution is -2.47. The average Bonchev–Trinajstić information content (AvgIpc) is 3.25. The quantitative estimate of drug-likeness (QED) is 0.483. The molecule has 0 amide bonds. The second kappa shape index (κ2) is 4.68. The lowest BCUT2D eigenvalue weighted by molar-refractivity contribution is -0.146. The fourth-order valence-electron chi connectivity index (χ4n) is 3.78. The Bertz CT molecular complexity index is 567. The highest BCUT2D eigenvalue weighted by atomic mass is 16.6. The van der Waals surface area contributed by atoms with E-state index in [0.717, 1.165) is 18.4 Å². The predicted octanol–water partition coefficient (Wildman–Crippen LogP) is 1.86. The third-order valence-electron chi connectivity index (χ3n) is 5.02. The molecule has 21 heavy (non-hydrogen) atoms. The largest absolute Gasteiger partial charge is 0.459 e. The number of hydrogen-bond acceptors (Lipinski definition) is 4. The van der Waals surface area contributed by atoms with Gasteiger partial charge in [-0.3, -0.25) is 4.90 Å². The third-order valence-corrected chi connectivity index (χ3v) is 5.02. The van der Waals surface area contributed by atoms with Crippen LogP contribution >= 0.6 is 0 Å². The molecule has 4 rings (SSSR count). The van der Waals surface area contributed by atoms with Crippen molar-refractivity contribution in [1.82, 2.24) is 4.90 Å². The Morgan fingerprint density at radius 2 is 1.86 bits per heavy atom. The molecular weight excluding hydrogens is 266 g/mol. The Hall–Kier alpha value is -1.65. The van der Waals surface area contributed by atoms with E-state index in [0.29, 0.717) is 29.9 Å². The van der Waals surface area contributed by atoms with E-state index in [2.05, 4.69) is 18.5 Å². The first-order valence-corrected chi connectivity index (χ1v) is 7.48. The van der Waals surface area contributed by atoms with Crippen molar-refractivity contribution in [3.05, 3.63) is 42.5 Å². The molecule has 4 heteroatoms. The van der Waals surface area contributed by atoms with E-state index < -0.39 is 0 Å². The van der Waals surface area contributed by atoms with Crippen LogP contribution in [0.15, 0.2) is 36.9 Å². The van der Waals surface area contributed by atoms with Crippen molar-refractivity contribution in [1.29, 1.82) is 0 Å². The first-order chi connectivity index (χ1) is 10.1. The first kappa shape index (κ1) is 13.0. The van der Waals surface area contributed by atoms with Gasteiger partial charge in [0.25, 0.3) is 0 Å². The van der Waals surface area contributed by atoms with Gasteiger partial charge < -0.3 is 9.47 Å². The van der Waals surface area contributed by atoms with E-state index in [9.17, 15) is 4.79 Å². The standard InChI is InChI=1S/C17H19NO3/c1-10(11-6-4-3-5-7-11)17(19)20-12-8-13-15-16(21-15)14(9-12)18(13)2/h3-7,12-16H,1,8-9H2,2H3/t13-,14-,15+,16+/m0/s1. The summed E-state index contributed by atoms with van der Waals surface area (Å²) in [6.07, 6.45) is 2.44. The number of fused-ring (bicyclic) bond motifs is 5. The monoisotopic (exact) mass is 285 g/mol. The molecule has 0 unspecified atom stereocenters. The summed E-state index contributed by atoms with van der Waals surface area (Å²) in [6, 6.07) is 10.3. The zero-order chi connectivity index (χ0) is 14.6. The molecule has 0 aromatic heterocycles. The number of esters is 1. The molecule has 3 aliphatic rings. The SMILES string of the molecule is C=C(C(=O)OC1C[C@H]2[C@H]3O[C@@H]3[C@H](C1)N2C)c1ccccc1. The van der Waals surface area contributed by atoms with Crippen molar-refractivity contribution in [3.63, 3.8) is 0 Å². The summed E-state index contributed by atoms with van der Waals surface area (Å²) in [5.41, 5.74) is 1.26. The number of epoxide rings is 1. The molecular formula is C17H19NO3. The number of ether oxygens (including phenoxy) is 2. The van der Waals surface area contributed by atoms with Gasteiger partial charge in [-0.2, -0.15) is 0 Å². The normalized spacial score (nSPS) is 36.9. The molecule has 0 saturated carbocycles. The highest BCUT2D eigenvalue weighted by Gasteiger charge is 2.62. The van der Waals surface area contributed by atoms with Gasteiger partial charge in [-0.25, -0.2) is 4.79 Å². The Balaban J connectivity index is 1.41. The topological polar surface area (TPSA) is 42.1 Å². The number of morpholine rings is 1. The van der Waals surface area contributed by atoms with Gasteiger partial charge in [0.2, 0.25) is 0 Å².